The molecule has 1 N–H and O–H groups in total. The van der Waals surface area contributed by atoms with Crippen molar-refractivity contribution in [2.24, 2.45) is 0 Å². The predicted molar refractivity (Wildman–Crippen MR) is 66.8 cm³/mol. The Balaban J connectivity index is 2.51. The fourth-order valence-electron chi connectivity index (χ4n) is 1.89. The molecular formula is C12H13BrO5. The summed E-state index contributed by atoms with van der Waals surface area (Å²) < 4.78 is 16.1. The van der Waals surface area contributed by atoms with Crippen LogP contribution in [0.2, 0.25) is 0 Å². The molecule has 0 saturated heterocycles. The molecule has 5 nitrogen and oxygen atoms in total. The van der Waals surface area contributed by atoms with E-state index in [9.17, 15) is 9.90 Å². The van der Waals surface area contributed by atoms with E-state index in [-0.39, 0.29) is 0 Å². The highest BCUT2D eigenvalue weighted by atomic mass is 79.9. The number of hydrogen-bond acceptors (Lipinski definition) is 5. The van der Waals surface area contributed by atoms with E-state index in [1.54, 1.807) is 13.0 Å². The summed E-state index contributed by atoms with van der Waals surface area (Å²) in [5.74, 6) is 0.448. The second-order valence-corrected chi connectivity index (χ2v) is 4.70. The minimum atomic E-state index is -1.35. The van der Waals surface area contributed by atoms with E-state index in [1.165, 1.54) is 7.11 Å². The maximum Gasteiger partial charge on any atom is 0.339 e. The van der Waals surface area contributed by atoms with Crippen molar-refractivity contribution in [3.8, 4) is 11.5 Å². The van der Waals surface area contributed by atoms with Crippen molar-refractivity contribution in [3.63, 3.8) is 0 Å². The molecule has 1 aliphatic heterocycles. The lowest BCUT2D eigenvalue weighted by molar-refractivity contribution is -0.150. The fourth-order valence-corrected chi connectivity index (χ4v) is 2.61. The van der Waals surface area contributed by atoms with E-state index in [0.29, 0.717) is 40.3 Å². The van der Waals surface area contributed by atoms with Crippen LogP contribution in [-0.2, 0) is 9.53 Å². The van der Waals surface area contributed by atoms with E-state index >= 15 is 0 Å². The molecule has 1 aliphatic rings. The third-order valence-corrected chi connectivity index (χ3v) is 3.42. The number of carbonyl (C=O) groups is 1. The van der Waals surface area contributed by atoms with Crippen LogP contribution in [0.1, 0.15) is 17.2 Å². The molecule has 0 amide bonds. The minimum Gasteiger partial charge on any atom is -0.486 e. The number of fused-ring (bicyclic) bond motifs is 1. The Morgan fingerprint density at radius 2 is 2.17 bits per heavy atom. The SMILES string of the molecule is COC(=O)C(O)c1c(Br)cc2c(c1C)OCCO2. The lowest BCUT2D eigenvalue weighted by Gasteiger charge is -2.24. The lowest BCUT2D eigenvalue weighted by Crippen LogP contribution is -2.19. The molecule has 0 spiro atoms. The predicted octanol–water partition coefficient (Wildman–Crippen LogP) is 1.74. The van der Waals surface area contributed by atoms with E-state index in [1.807, 2.05) is 0 Å². The molecule has 18 heavy (non-hydrogen) atoms. The van der Waals surface area contributed by atoms with Gasteiger partial charge in [0.15, 0.2) is 17.6 Å². The second-order valence-electron chi connectivity index (χ2n) is 3.85. The topological polar surface area (TPSA) is 65.0 Å². The Morgan fingerprint density at radius 3 is 2.83 bits per heavy atom. The first-order chi connectivity index (χ1) is 8.56. The van der Waals surface area contributed by atoms with Gasteiger partial charge in [-0.2, -0.15) is 0 Å². The summed E-state index contributed by atoms with van der Waals surface area (Å²) in [6.07, 6.45) is -1.35. The first kappa shape index (κ1) is 13.2. The summed E-state index contributed by atoms with van der Waals surface area (Å²) in [5.41, 5.74) is 1.10. The maximum atomic E-state index is 11.4. The van der Waals surface area contributed by atoms with Crippen LogP contribution >= 0.6 is 15.9 Å². The van der Waals surface area contributed by atoms with Gasteiger partial charge in [0.25, 0.3) is 0 Å². The number of aliphatic hydroxyl groups excluding tert-OH is 1. The average molecular weight is 317 g/mol. The highest BCUT2D eigenvalue weighted by Gasteiger charge is 2.27. The Hall–Kier alpha value is -1.27. The molecular weight excluding hydrogens is 304 g/mol. The molecule has 0 fully saturated rings. The van der Waals surface area contributed by atoms with Crippen LogP contribution in [0.3, 0.4) is 0 Å². The monoisotopic (exact) mass is 316 g/mol. The van der Waals surface area contributed by atoms with Gasteiger partial charge < -0.3 is 19.3 Å². The van der Waals surface area contributed by atoms with Crippen molar-refractivity contribution in [2.45, 2.75) is 13.0 Å². The number of benzene rings is 1. The zero-order valence-corrected chi connectivity index (χ0v) is 11.6. The van der Waals surface area contributed by atoms with Crippen molar-refractivity contribution in [1.29, 1.82) is 0 Å². The first-order valence-electron chi connectivity index (χ1n) is 5.40. The Labute approximate surface area is 113 Å². The molecule has 1 heterocycles. The number of methoxy groups -OCH3 is 1. The van der Waals surface area contributed by atoms with Crippen LogP contribution in [0.15, 0.2) is 10.5 Å². The van der Waals surface area contributed by atoms with Crippen molar-refractivity contribution in [1.82, 2.24) is 0 Å². The van der Waals surface area contributed by atoms with Gasteiger partial charge in [-0.3, -0.25) is 0 Å². The highest BCUT2D eigenvalue weighted by molar-refractivity contribution is 9.10. The Morgan fingerprint density at radius 1 is 1.50 bits per heavy atom. The van der Waals surface area contributed by atoms with E-state index < -0.39 is 12.1 Å². The highest BCUT2D eigenvalue weighted by Crippen LogP contribution is 2.42. The number of aliphatic hydroxyl groups is 1. The fraction of sp³-hybridized carbons (Fsp3) is 0.417. The second kappa shape index (κ2) is 5.16. The van der Waals surface area contributed by atoms with E-state index in [0.717, 1.165) is 0 Å². The van der Waals surface area contributed by atoms with Crippen molar-refractivity contribution in [3.05, 3.63) is 21.7 Å². The summed E-state index contributed by atoms with van der Waals surface area (Å²) >= 11 is 3.32. The Kier molecular flexibility index (Phi) is 3.77. The number of esters is 1. The number of rotatable bonds is 2. The molecule has 0 bridgehead atoms. The number of ether oxygens (including phenoxy) is 3. The zero-order valence-electron chi connectivity index (χ0n) is 10.0. The molecule has 98 valence electrons. The smallest absolute Gasteiger partial charge is 0.339 e. The molecule has 0 aromatic heterocycles. The summed E-state index contributed by atoms with van der Waals surface area (Å²) in [4.78, 5) is 11.4. The van der Waals surface area contributed by atoms with Crippen LogP contribution < -0.4 is 9.47 Å². The van der Waals surface area contributed by atoms with Crippen LogP contribution in [0.25, 0.3) is 0 Å². The van der Waals surface area contributed by atoms with Gasteiger partial charge >= 0.3 is 5.97 Å². The van der Waals surface area contributed by atoms with E-state index in [4.69, 9.17) is 9.47 Å². The normalized spacial score (nSPS) is 15.1. The van der Waals surface area contributed by atoms with Crippen molar-refractivity contribution in [2.75, 3.05) is 20.3 Å². The zero-order chi connectivity index (χ0) is 13.3. The quantitative estimate of drug-likeness (QED) is 0.842. The molecule has 6 heteroatoms. The lowest BCUT2D eigenvalue weighted by atomic mass is 10.0. The summed E-state index contributed by atoms with van der Waals surface area (Å²) in [6.45, 7) is 2.70. The number of halogens is 1. The van der Waals surface area contributed by atoms with Gasteiger partial charge in [-0.15, -0.1) is 0 Å². The molecule has 0 aliphatic carbocycles. The molecule has 1 unspecified atom stereocenters. The minimum absolute atomic E-state index is 0.436. The van der Waals surface area contributed by atoms with Crippen LogP contribution in [0, 0.1) is 6.92 Å². The van der Waals surface area contributed by atoms with Gasteiger partial charge in [0.05, 0.1) is 7.11 Å². The van der Waals surface area contributed by atoms with Crippen molar-refractivity contribution >= 4 is 21.9 Å². The number of hydrogen-bond donors (Lipinski definition) is 1. The van der Waals surface area contributed by atoms with Gasteiger partial charge in [-0.25, -0.2) is 4.79 Å². The van der Waals surface area contributed by atoms with Gasteiger partial charge in [-0.05, 0) is 13.0 Å². The summed E-state index contributed by atoms with van der Waals surface area (Å²) in [7, 11) is 1.23. The maximum absolute atomic E-state index is 11.4. The molecule has 1 aromatic carbocycles. The molecule has 1 aromatic rings. The van der Waals surface area contributed by atoms with Gasteiger partial charge in [-0.1, -0.05) is 15.9 Å². The first-order valence-corrected chi connectivity index (χ1v) is 6.20. The largest absolute Gasteiger partial charge is 0.486 e. The molecule has 2 rings (SSSR count). The molecule has 0 radical (unpaired) electrons. The van der Waals surface area contributed by atoms with E-state index in [2.05, 4.69) is 20.7 Å². The molecule has 0 saturated carbocycles. The van der Waals surface area contributed by atoms with Gasteiger partial charge in [0.1, 0.15) is 13.2 Å². The summed E-state index contributed by atoms with van der Waals surface area (Å²) in [5, 5.41) is 9.95. The third-order valence-electron chi connectivity index (χ3n) is 2.77. The summed E-state index contributed by atoms with van der Waals surface area (Å²) in [6, 6.07) is 1.68. The number of carbonyl (C=O) groups excluding carboxylic acids is 1. The average Bonchev–Trinajstić information content (AvgIpc) is 2.37. The van der Waals surface area contributed by atoms with Crippen LogP contribution in [0.4, 0.5) is 0 Å². The van der Waals surface area contributed by atoms with Gasteiger partial charge in [0, 0.05) is 15.6 Å². The Bertz CT molecular complexity index is 486. The van der Waals surface area contributed by atoms with Crippen LogP contribution in [0.5, 0.6) is 11.5 Å². The third kappa shape index (κ3) is 2.18. The molecule has 1 atom stereocenters. The van der Waals surface area contributed by atoms with Gasteiger partial charge in [0.2, 0.25) is 0 Å². The standard InChI is InChI=1S/C12H13BrO5/c1-6-9(10(14)12(15)16-2)7(13)5-8-11(6)18-4-3-17-8/h5,10,14H,3-4H2,1-2H3. The van der Waals surface area contributed by atoms with Crippen molar-refractivity contribution < 1.29 is 24.1 Å². The van der Waals surface area contributed by atoms with Crippen LogP contribution in [-0.4, -0.2) is 31.4 Å².